The van der Waals surface area contributed by atoms with E-state index in [1.807, 2.05) is 6.92 Å². The number of hydrogen-bond acceptors (Lipinski definition) is 7. The quantitative estimate of drug-likeness (QED) is 0.792. The van der Waals surface area contributed by atoms with Gasteiger partial charge in [-0.05, 0) is 6.92 Å². The minimum absolute atomic E-state index is 0.0207. The van der Waals surface area contributed by atoms with Crippen LogP contribution >= 0.6 is 7.37 Å². The molecule has 1 aromatic heterocycles. The molecular formula is C13H21N2O6P. The molecule has 4 unspecified atom stereocenters. The Labute approximate surface area is 128 Å². The van der Waals surface area contributed by atoms with Gasteiger partial charge in [-0.15, -0.1) is 0 Å². The lowest BCUT2D eigenvalue weighted by Crippen LogP contribution is -2.26. The van der Waals surface area contributed by atoms with E-state index in [4.69, 9.17) is 14.0 Å². The molecule has 1 aliphatic rings. The molecule has 0 radical (unpaired) electrons. The summed E-state index contributed by atoms with van der Waals surface area (Å²) < 4.78 is 29.7. The second kappa shape index (κ2) is 6.91. The summed E-state index contributed by atoms with van der Waals surface area (Å²) in [6.07, 6.45) is 0.851. The molecule has 0 bridgehead atoms. The molecule has 1 aliphatic heterocycles. The summed E-state index contributed by atoms with van der Waals surface area (Å²) in [5, 5.41) is 9.17. The van der Waals surface area contributed by atoms with Crippen molar-refractivity contribution in [3.63, 3.8) is 0 Å². The fourth-order valence-electron chi connectivity index (χ4n) is 2.30. The van der Waals surface area contributed by atoms with Crippen LogP contribution in [-0.4, -0.2) is 40.6 Å². The van der Waals surface area contributed by atoms with Crippen LogP contribution in [0.4, 0.5) is 0 Å². The first-order valence-electron chi connectivity index (χ1n) is 7.08. The van der Waals surface area contributed by atoms with Crippen LogP contribution in [0.3, 0.4) is 0 Å². The topological polar surface area (TPSA) is 99.9 Å². The number of nitrogens with zero attached hydrogens (tertiary/aromatic N) is 2. The van der Waals surface area contributed by atoms with Gasteiger partial charge in [0.15, 0.2) is 6.29 Å². The van der Waals surface area contributed by atoms with Crippen molar-refractivity contribution in [3.05, 3.63) is 22.7 Å². The third-order valence-electron chi connectivity index (χ3n) is 3.33. The maximum Gasteiger partial charge on any atom is 0.352 e. The van der Waals surface area contributed by atoms with Crippen molar-refractivity contribution in [3.8, 4) is 5.88 Å². The zero-order valence-corrected chi connectivity index (χ0v) is 13.7. The summed E-state index contributed by atoms with van der Waals surface area (Å²) in [6, 6.07) is 1.32. The zero-order valence-electron chi connectivity index (χ0n) is 12.8. The van der Waals surface area contributed by atoms with Gasteiger partial charge in [0, 0.05) is 31.3 Å². The highest BCUT2D eigenvalue weighted by molar-refractivity contribution is 7.57. The van der Waals surface area contributed by atoms with E-state index >= 15 is 0 Å². The van der Waals surface area contributed by atoms with Gasteiger partial charge in [-0.3, -0.25) is 9.13 Å². The van der Waals surface area contributed by atoms with Crippen LogP contribution in [0.25, 0.3) is 0 Å². The zero-order chi connectivity index (χ0) is 16.3. The van der Waals surface area contributed by atoms with Crippen molar-refractivity contribution < 1.29 is 23.7 Å². The van der Waals surface area contributed by atoms with Gasteiger partial charge in [0.2, 0.25) is 13.2 Å². The van der Waals surface area contributed by atoms with Crippen LogP contribution in [0, 0.1) is 5.92 Å². The molecule has 1 fully saturated rings. The van der Waals surface area contributed by atoms with Gasteiger partial charge >= 0.3 is 5.69 Å². The molecule has 4 atom stereocenters. The van der Waals surface area contributed by atoms with Crippen LogP contribution < -0.4 is 5.69 Å². The average molecular weight is 332 g/mol. The second-order valence-corrected chi connectivity index (χ2v) is 7.92. The second-order valence-electron chi connectivity index (χ2n) is 5.38. The molecule has 0 amide bonds. The Morgan fingerprint density at radius 2 is 2.32 bits per heavy atom. The molecule has 1 N–H and O–H groups in total. The first-order valence-corrected chi connectivity index (χ1v) is 9.34. The van der Waals surface area contributed by atoms with Crippen LogP contribution in [0.1, 0.15) is 26.5 Å². The van der Waals surface area contributed by atoms with Crippen LogP contribution in [0.15, 0.2) is 17.1 Å². The number of aromatic hydroxyl groups is 1. The third-order valence-corrected chi connectivity index (χ3v) is 4.75. The Kier molecular flexibility index (Phi) is 5.39. The van der Waals surface area contributed by atoms with Crippen molar-refractivity contribution in [2.75, 3.05) is 19.6 Å². The minimum atomic E-state index is -2.80. The van der Waals surface area contributed by atoms with Crippen molar-refractivity contribution in [1.29, 1.82) is 0 Å². The molecule has 124 valence electrons. The molecule has 2 heterocycles. The van der Waals surface area contributed by atoms with E-state index in [9.17, 15) is 14.5 Å². The predicted molar refractivity (Wildman–Crippen MR) is 79.0 cm³/mol. The smallest absolute Gasteiger partial charge is 0.352 e. The molecular weight excluding hydrogens is 311 g/mol. The van der Waals surface area contributed by atoms with E-state index in [1.165, 1.54) is 23.5 Å². The van der Waals surface area contributed by atoms with Gasteiger partial charge in [0.25, 0.3) is 0 Å². The standard InChI is InChI=1S/C13H21N2O6P/c1-4-20-22(3,18)8-19-12-9(2)7-11(21-12)15-6-5-10(16)14-13(15)17/h5-6,9,11-12H,4,7-8H2,1-3H3,(H,14,16,17). The Bertz CT molecular complexity index is 619. The minimum Gasteiger partial charge on any atom is -0.493 e. The summed E-state index contributed by atoms with van der Waals surface area (Å²) in [5.41, 5.74) is -0.590. The number of rotatable bonds is 6. The van der Waals surface area contributed by atoms with Gasteiger partial charge < -0.3 is 19.1 Å². The van der Waals surface area contributed by atoms with Crippen molar-refractivity contribution in [2.45, 2.75) is 32.8 Å². The Morgan fingerprint density at radius 3 is 2.95 bits per heavy atom. The largest absolute Gasteiger partial charge is 0.493 e. The van der Waals surface area contributed by atoms with E-state index in [1.54, 1.807) is 6.92 Å². The molecule has 0 aliphatic carbocycles. The number of aromatic nitrogens is 2. The molecule has 1 aromatic rings. The van der Waals surface area contributed by atoms with E-state index < -0.39 is 25.6 Å². The van der Waals surface area contributed by atoms with E-state index in [-0.39, 0.29) is 18.1 Å². The van der Waals surface area contributed by atoms with Crippen molar-refractivity contribution in [2.24, 2.45) is 5.92 Å². The van der Waals surface area contributed by atoms with Gasteiger partial charge in [-0.25, -0.2) is 4.79 Å². The summed E-state index contributed by atoms with van der Waals surface area (Å²) >= 11 is 0. The van der Waals surface area contributed by atoms with Gasteiger partial charge in [0.05, 0.1) is 6.61 Å². The molecule has 9 heteroatoms. The van der Waals surface area contributed by atoms with Crippen LogP contribution in [0.5, 0.6) is 5.88 Å². The summed E-state index contributed by atoms with van der Waals surface area (Å²) in [5.74, 6) is -0.309. The Hall–Kier alpha value is -1.21. The Morgan fingerprint density at radius 1 is 1.59 bits per heavy atom. The summed E-state index contributed by atoms with van der Waals surface area (Å²) in [4.78, 5) is 15.2. The highest BCUT2D eigenvalue weighted by atomic mass is 31.2. The molecule has 0 saturated carbocycles. The number of hydrogen-bond donors (Lipinski definition) is 1. The first-order chi connectivity index (χ1) is 10.3. The SMILES string of the molecule is CCOP(C)(=O)COC1OC(n2ccc(O)nc2=O)CC1C. The molecule has 0 spiro atoms. The first kappa shape index (κ1) is 17.1. The predicted octanol–water partition coefficient (Wildman–Crippen LogP) is 1.75. The average Bonchev–Trinajstić information content (AvgIpc) is 2.77. The monoisotopic (exact) mass is 332 g/mol. The molecule has 8 nitrogen and oxygen atoms in total. The third kappa shape index (κ3) is 4.16. The fraction of sp³-hybridized carbons (Fsp3) is 0.692. The van der Waals surface area contributed by atoms with Crippen molar-refractivity contribution in [1.82, 2.24) is 9.55 Å². The molecule has 2 rings (SSSR count). The van der Waals surface area contributed by atoms with E-state index in [0.29, 0.717) is 13.0 Å². The normalized spacial score (nSPS) is 27.7. The lowest BCUT2D eigenvalue weighted by molar-refractivity contribution is -0.153. The lowest BCUT2D eigenvalue weighted by Gasteiger charge is -2.19. The fourth-order valence-corrected chi connectivity index (χ4v) is 3.34. The molecule has 1 saturated heterocycles. The maximum atomic E-state index is 12.0. The maximum absolute atomic E-state index is 12.0. The highest BCUT2D eigenvalue weighted by Gasteiger charge is 2.35. The summed E-state index contributed by atoms with van der Waals surface area (Å²) in [6.45, 7) is 5.56. The number of ether oxygens (including phenoxy) is 2. The highest BCUT2D eigenvalue weighted by Crippen LogP contribution is 2.44. The Balaban J connectivity index is 2.00. The van der Waals surface area contributed by atoms with Crippen molar-refractivity contribution >= 4 is 7.37 Å². The summed E-state index contributed by atoms with van der Waals surface area (Å²) in [7, 11) is -2.80. The van der Waals surface area contributed by atoms with Crippen LogP contribution in [0.2, 0.25) is 0 Å². The van der Waals surface area contributed by atoms with E-state index in [0.717, 1.165) is 0 Å². The van der Waals surface area contributed by atoms with Gasteiger partial charge in [0.1, 0.15) is 12.6 Å². The van der Waals surface area contributed by atoms with E-state index in [2.05, 4.69) is 4.98 Å². The van der Waals surface area contributed by atoms with Gasteiger partial charge in [-0.2, -0.15) is 4.98 Å². The molecule has 0 aromatic carbocycles. The molecule has 22 heavy (non-hydrogen) atoms. The lowest BCUT2D eigenvalue weighted by atomic mass is 10.1. The van der Waals surface area contributed by atoms with Crippen LogP contribution in [-0.2, 0) is 18.6 Å². The van der Waals surface area contributed by atoms with Gasteiger partial charge in [-0.1, -0.05) is 6.92 Å².